The Kier molecular flexibility index (Phi) is 6.71. The minimum Gasteiger partial charge on any atom is -0.495 e. The molecule has 3 N–H and O–H groups in total. The molecule has 2 aromatic carbocycles. The SMILES string of the molecule is COc1cc(NS(=O)(=O)c2ccc(C)cc2)c(C#CCNC(=O)O)cc1Br. The van der Waals surface area contributed by atoms with Gasteiger partial charge in [0.25, 0.3) is 10.0 Å². The summed E-state index contributed by atoms with van der Waals surface area (Å²) in [5, 5.41) is 10.7. The Morgan fingerprint density at radius 3 is 2.52 bits per heavy atom. The minimum absolute atomic E-state index is 0.0941. The average molecular weight is 453 g/mol. The maximum absolute atomic E-state index is 12.7. The third-order valence-corrected chi connectivity index (χ3v) is 5.42. The van der Waals surface area contributed by atoms with Crippen molar-refractivity contribution in [2.45, 2.75) is 11.8 Å². The molecule has 0 atom stereocenters. The fourth-order valence-corrected chi connectivity index (χ4v) is 3.65. The Bertz CT molecular complexity index is 1010. The van der Waals surface area contributed by atoms with Crippen molar-refractivity contribution < 1.29 is 23.1 Å². The van der Waals surface area contributed by atoms with Gasteiger partial charge < -0.3 is 15.2 Å². The van der Waals surface area contributed by atoms with Crippen LogP contribution < -0.4 is 14.8 Å². The van der Waals surface area contributed by atoms with Crippen molar-refractivity contribution in [2.24, 2.45) is 0 Å². The van der Waals surface area contributed by atoms with E-state index in [0.717, 1.165) is 5.56 Å². The number of hydrogen-bond donors (Lipinski definition) is 3. The average Bonchev–Trinajstić information content (AvgIpc) is 2.60. The van der Waals surface area contributed by atoms with Crippen LogP contribution in [0.1, 0.15) is 11.1 Å². The molecule has 0 bridgehead atoms. The number of rotatable bonds is 5. The summed E-state index contributed by atoms with van der Waals surface area (Å²) in [5.41, 5.74) is 1.53. The van der Waals surface area contributed by atoms with Crippen LogP contribution in [0.15, 0.2) is 45.8 Å². The lowest BCUT2D eigenvalue weighted by atomic mass is 10.2. The predicted octanol–water partition coefficient (Wildman–Crippen LogP) is 3.19. The zero-order valence-electron chi connectivity index (χ0n) is 14.5. The molecule has 2 rings (SSSR count). The van der Waals surface area contributed by atoms with E-state index in [1.54, 1.807) is 18.2 Å². The lowest BCUT2D eigenvalue weighted by Gasteiger charge is -2.13. The van der Waals surface area contributed by atoms with Gasteiger partial charge in [0.05, 0.1) is 34.3 Å². The first-order valence-electron chi connectivity index (χ1n) is 7.65. The summed E-state index contributed by atoms with van der Waals surface area (Å²) in [6, 6.07) is 9.53. The summed E-state index contributed by atoms with van der Waals surface area (Å²) in [4.78, 5) is 10.6. The van der Waals surface area contributed by atoms with Gasteiger partial charge in [0, 0.05) is 6.07 Å². The Morgan fingerprint density at radius 2 is 1.93 bits per heavy atom. The van der Waals surface area contributed by atoms with Crippen molar-refractivity contribution in [2.75, 3.05) is 18.4 Å². The molecule has 0 heterocycles. The molecule has 0 aliphatic rings. The number of sulfonamides is 1. The van der Waals surface area contributed by atoms with Crippen molar-refractivity contribution in [3.05, 3.63) is 52.0 Å². The van der Waals surface area contributed by atoms with E-state index in [4.69, 9.17) is 9.84 Å². The second kappa shape index (κ2) is 8.79. The highest BCUT2D eigenvalue weighted by atomic mass is 79.9. The zero-order chi connectivity index (χ0) is 20.0. The van der Waals surface area contributed by atoms with Crippen molar-refractivity contribution in [3.63, 3.8) is 0 Å². The quantitative estimate of drug-likeness (QED) is 0.604. The third-order valence-electron chi connectivity index (χ3n) is 3.42. The molecule has 0 aliphatic carbocycles. The molecule has 142 valence electrons. The van der Waals surface area contributed by atoms with E-state index in [1.807, 2.05) is 6.92 Å². The molecule has 2 aromatic rings. The van der Waals surface area contributed by atoms with Gasteiger partial charge in [0.15, 0.2) is 0 Å². The van der Waals surface area contributed by atoms with Gasteiger partial charge in [-0.15, -0.1) is 0 Å². The fourth-order valence-electron chi connectivity index (χ4n) is 2.08. The van der Waals surface area contributed by atoms with Crippen LogP contribution >= 0.6 is 15.9 Å². The first-order chi connectivity index (χ1) is 12.7. The van der Waals surface area contributed by atoms with E-state index < -0.39 is 16.1 Å². The summed E-state index contributed by atoms with van der Waals surface area (Å²) >= 11 is 3.33. The molecular formula is C18H17BrN2O5S. The van der Waals surface area contributed by atoms with Gasteiger partial charge in [-0.25, -0.2) is 13.2 Å². The smallest absolute Gasteiger partial charge is 0.405 e. The van der Waals surface area contributed by atoms with Crippen LogP contribution in [0.5, 0.6) is 5.75 Å². The molecule has 0 aromatic heterocycles. The van der Waals surface area contributed by atoms with Crippen LogP contribution in [0.3, 0.4) is 0 Å². The first-order valence-corrected chi connectivity index (χ1v) is 9.93. The molecule has 27 heavy (non-hydrogen) atoms. The molecular weight excluding hydrogens is 436 g/mol. The third kappa shape index (κ3) is 5.64. The van der Waals surface area contributed by atoms with Crippen molar-refractivity contribution in [1.82, 2.24) is 5.32 Å². The molecule has 0 saturated heterocycles. The molecule has 0 radical (unpaired) electrons. The van der Waals surface area contributed by atoms with Gasteiger partial charge in [0.1, 0.15) is 5.75 Å². The van der Waals surface area contributed by atoms with E-state index in [2.05, 4.69) is 37.8 Å². The molecule has 1 amide bonds. The Labute approximate surface area is 165 Å². The van der Waals surface area contributed by atoms with E-state index in [-0.39, 0.29) is 17.1 Å². The summed E-state index contributed by atoms with van der Waals surface area (Å²) in [5.74, 6) is 5.81. The standard InChI is InChI=1S/C18H17BrN2O5S/c1-12-5-7-14(8-6-12)27(24,25)21-16-11-17(26-2)15(19)10-13(16)4-3-9-20-18(22)23/h5-8,10-11,20-21H,9H2,1-2H3,(H,22,23). The van der Waals surface area contributed by atoms with Gasteiger partial charge in [-0.2, -0.15) is 0 Å². The van der Waals surface area contributed by atoms with Crippen LogP contribution in [0.25, 0.3) is 0 Å². The zero-order valence-corrected chi connectivity index (χ0v) is 16.9. The largest absolute Gasteiger partial charge is 0.495 e. The van der Waals surface area contributed by atoms with Crippen LogP contribution in [-0.4, -0.2) is 33.3 Å². The summed E-state index contributed by atoms with van der Waals surface area (Å²) in [7, 11) is -2.37. The second-order valence-corrected chi connectivity index (χ2v) is 7.95. The monoisotopic (exact) mass is 452 g/mol. The summed E-state index contributed by atoms with van der Waals surface area (Å²) in [6.07, 6.45) is -1.19. The van der Waals surface area contributed by atoms with Gasteiger partial charge in [-0.3, -0.25) is 4.72 Å². The van der Waals surface area contributed by atoms with Crippen LogP contribution in [0.4, 0.5) is 10.5 Å². The fraction of sp³-hybridized carbons (Fsp3) is 0.167. The number of carbonyl (C=O) groups is 1. The van der Waals surface area contributed by atoms with Gasteiger partial charge in [0.2, 0.25) is 0 Å². The Balaban J connectivity index is 2.41. The first kappa shape index (κ1) is 20.6. The number of hydrogen-bond acceptors (Lipinski definition) is 4. The van der Waals surface area contributed by atoms with Crippen LogP contribution in [0.2, 0.25) is 0 Å². The maximum Gasteiger partial charge on any atom is 0.405 e. The van der Waals surface area contributed by atoms with E-state index in [1.165, 1.54) is 25.3 Å². The predicted molar refractivity (Wildman–Crippen MR) is 106 cm³/mol. The maximum atomic E-state index is 12.7. The molecule has 0 spiro atoms. The number of methoxy groups -OCH3 is 1. The minimum atomic E-state index is -3.83. The molecule has 0 unspecified atom stereocenters. The number of ether oxygens (including phenoxy) is 1. The van der Waals surface area contributed by atoms with E-state index in [9.17, 15) is 13.2 Å². The molecule has 0 aliphatic heterocycles. The number of benzene rings is 2. The molecule has 9 heteroatoms. The highest BCUT2D eigenvalue weighted by Crippen LogP contribution is 2.32. The lowest BCUT2D eigenvalue weighted by molar-refractivity contribution is 0.196. The number of halogens is 1. The highest BCUT2D eigenvalue weighted by Gasteiger charge is 2.17. The molecule has 0 fully saturated rings. The molecule has 7 nitrogen and oxygen atoms in total. The second-order valence-electron chi connectivity index (χ2n) is 5.41. The van der Waals surface area contributed by atoms with Crippen molar-refractivity contribution in [1.29, 1.82) is 0 Å². The number of aryl methyl sites for hydroxylation is 1. The Morgan fingerprint density at radius 1 is 1.26 bits per heavy atom. The summed E-state index contributed by atoms with van der Waals surface area (Å²) < 4.78 is 33.6. The highest BCUT2D eigenvalue weighted by molar-refractivity contribution is 9.10. The van der Waals surface area contributed by atoms with Crippen LogP contribution in [-0.2, 0) is 10.0 Å². The van der Waals surface area contributed by atoms with E-state index in [0.29, 0.717) is 15.8 Å². The van der Waals surface area contributed by atoms with Crippen molar-refractivity contribution >= 4 is 37.7 Å². The van der Waals surface area contributed by atoms with Gasteiger partial charge in [-0.1, -0.05) is 29.5 Å². The topological polar surface area (TPSA) is 105 Å². The van der Waals surface area contributed by atoms with E-state index >= 15 is 0 Å². The lowest BCUT2D eigenvalue weighted by Crippen LogP contribution is -2.20. The number of anilines is 1. The normalized spacial score (nSPS) is 10.5. The molecule has 0 saturated carbocycles. The van der Waals surface area contributed by atoms with Crippen LogP contribution in [0, 0.1) is 18.8 Å². The number of amides is 1. The Hall–Kier alpha value is -2.70. The number of carboxylic acid groups (broad SMARTS) is 1. The van der Waals surface area contributed by atoms with Gasteiger partial charge in [-0.05, 0) is 41.1 Å². The number of nitrogens with one attached hydrogen (secondary N) is 2. The van der Waals surface area contributed by atoms with Gasteiger partial charge >= 0.3 is 6.09 Å². The van der Waals surface area contributed by atoms with Crippen molar-refractivity contribution in [3.8, 4) is 17.6 Å². The summed E-state index contributed by atoms with van der Waals surface area (Å²) in [6.45, 7) is 1.77.